The molecule has 1 aliphatic rings. The number of hydrogen-bond acceptors (Lipinski definition) is 7. The Balaban J connectivity index is 1.42. The number of carbonyl (C=O) groups excluding carboxylic acids is 2. The van der Waals surface area contributed by atoms with Crippen LogP contribution in [0.4, 0.5) is 0 Å². The third kappa shape index (κ3) is 5.60. The Morgan fingerprint density at radius 2 is 1.97 bits per heavy atom. The fraction of sp³-hybridized carbons (Fsp3) is 0.417. The highest BCUT2D eigenvalue weighted by molar-refractivity contribution is 5.94. The van der Waals surface area contributed by atoms with Gasteiger partial charge in [0.15, 0.2) is 11.6 Å². The normalized spacial score (nSPS) is 15.9. The Hall–Kier alpha value is -3.62. The minimum absolute atomic E-state index is 0.0153. The molecule has 0 unspecified atom stereocenters. The predicted molar refractivity (Wildman–Crippen MR) is 120 cm³/mol. The number of aromatic nitrogens is 4. The summed E-state index contributed by atoms with van der Waals surface area (Å²) in [6.45, 7) is 4.65. The number of benzene rings is 1. The average Bonchev–Trinajstić information content (AvgIpc) is 3.26. The fourth-order valence-electron chi connectivity index (χ4n) is 4.04. The van der Waals surface area contributed by atoms with Gasteiger partial charge >= 0.3 is 0 Å². The highest BCUT2D eigenvalue weighted by Gasteiger charge is 2.30. The van der Waals surface area contributed by atoms with Gasteiger partial charge in [-0.2, -0.15) is 4.98 Å². The molecule has 9 heteroatoms. The number of likely N-dealkylation sites (tertiary alicyclic amines) is 1. The summed E-state index contributed by atoms with van der Waals surface area (Å²) in [7, 11) is 0. The topological polar surface area (TPSA) is 114 Å². The SMILES string of the molecule is Cc1noc(CCC(=O)N2CCCC[C@@H]2c2ncc(C(=O)NCc3ccccc3)c(C)n2)n1. The van der Waals surface area contributed by atoms with Gasteiger partial charge in [0, 0.05) is 32.1 Å². The molecule has 1 fully saturated rings. The molecule has 2 aromatic heterocycles. The zero-order valence-corrected chi connectivity index (χ0v) is 19.0. The molecule has 1 atom stereocenters. The van der Waals surface area contributed by atoms with E-state index in [4.69, 9.17) is 4.52 Å². The van der Waals surface area contributed by atoms with Crippen LogP contribution in [0, 0.1) is 13.8 Å². The van der Waals surface area contributed by atoms with Gasteiger partial charge < -0.3 is 14.7 Å². The van der Waals surface area contributed by atoms with Crippen LogP contribution in [0.2, 0.25) is 0 Å². The van der Waals surface area contributed by atoms with Gasteiger partial charge in [0.25, 0.3) is 5.91 Å². The molecule has 33 heavy (non-hydrogen) atoms. The van der Waals surface area contributed by atoms with E-state index in [2.05, 4.69) is 25.4 Å². The number of hydrogen-bond donors (Lipinski definition) is 1. The van der Waals surface area contributed by atoms with Crippen LogP contribution in [0.15, 0.2) is 41.1 Å². The third-order valence-corrected chi connectivity index (χ3v) is 5.78. The molecule has 1 saturated heterocycles. The number of rotatable bonds is 7. The lowest BCUT2D eigenvalue weighted by Crippen LogP contribution is -2.39. The molecule has 1 aromatic carbocycles. The molecule has 1 N–H and O–H groups in total. The molecule has 0 radical (unpaired) electrons. The van der Waals surface area contributed by atoms with Crippen LogP contribution < -0.4 is 5.32 Å². The second kappa shape index (κ2) is 10.3. The summed E-state index contributed by atoms with van der Waals surface area (Å²) in [5, 5.41) is 6.68. The van der Waals surface area contributed by atoms with Crippen LogP contribution in [-0.2, 0) is 17.8 Å². The van der Waals surface area contributed by atoms with Gasteiger partial charge in [-0.05, 0) is 38.7 Å². The van der Waals surface area contributed by atoms with Crippen molar-refractivity contribution in [1.29, 1.82) is 0 Å². The fourth-order valence-corrected chi connectivity index (χ4v) is 4.04. The molecule has 0 bridgehead atoms. The molecule has 1 aliphatic heterocycles. The summed E-state index contributed by atoms with van der Waals surface area (Å²) in [4.78, 5) is 40.7. The highest BCUT2D eigenvalue weighted by Crippen LogP contribution is 2.30. The number of nitrogens with zero attached hydrogens (tertiary/aromatic N) is 5. The maximum Gasteiger partial charge on any atom is 0.254 e. The zero-order chi connectivity index (χ0) is 23.2. The van der Waals surface area contributed by atoms with Crippen molar-refractivity contribution in [2.45, 2.75) is 58.5 Å². The minimum Gasteiger partial charge on any atom is -0.348 e. The van der Waals surface area contributed by atoms with Crippen LogP contribution in [0.1, 0.15) is 70.9 Å². The van der Waals surface area contributed by atoms with E-state index in [0.717, 1.165) is 24.8 Å². The molecule has 2 amide bonds. The minimum atomic E-state index is -0.214. The maximum atomic E-state index is 13.0. The molecular weight excluding hydrogens is 420 g/mol. The van der Waals surface area contributed by atoms with E-state index in [1.54, 1.807) is 20.0 Å². The van der Waals surface area contributed by atoms with E-state index in [1.807, 2.05) is 35.2 Å². The van der Waals surface area contributed by atoms with Crippen LogP contribution in [-0.4, -0.2) is 43.4 Å². The summed E-state index contributed by atoms with van der Waals surface area (Å²) in [6.07, 6.45) is 5.00. The molecule has 172 valence electrons. The molecule has 3 aromatic rings. The second-order valence-electron chi connectivity index (χ2n) is 8.23. The van der Waals surface area contributed by atoms with Crippen LogP contribution in [0.25, 0.3) is 0 Å². The molecule has 0 spiro atoms. The first-order valence-electron chi connectivity index (χ1n) is 11.3. The van der Waals surface area contributed by atoms with E-state index in [0.29, 0.717) is 48.3 Å². The Morgan fingerprint density at radius 1 is 1.15 bits per heavy atom. The molecule has 0 saturated carbocycles. The molecule has 3 heterocycles. The molecule has 4 rings (SSSR count). The molecule has 9 nitrogen and oxygen atoms in total. The number of amides is 2. The Bertz CT molecular complexity index is 1110. The number of aryl methyl sites for hydroxylation is 3. The van der Waals surface area contributed by atoms with Crippen LogP contribution >= 0.6 is 0 Å². The van der Waals surface area contributed by atoms with Crippen LogP contribution in [0.5, 0.6) is 0 Å². The smallest absolute Gasteiger partial charge is 0.254 e. The second-order valence-corrected chi connectivity index (χ2v) is 8.23. The Kier molecular flexibility index (Phi) is 7.07. The van der Waals surface area contributed by atoms with Gasteiger partial charge in [-0.15, -0.1) is 0 Å². The first-order valence-corrected chi connectivity index (χ1v) is 11.3. The van der Waals surface area contributed by atoms with Gasteiger partial charge in [0.05, 0.1) is 17.3 Å². The van der Waals surface area contributed by atoms with Crippen molar-refractivity contribution in [3.63, 3.8) is 0 Å². The van der Waals surface area contributed by atoms with E-state index in [-0.39, 0.29) is 24.3 Å². The van der Waals surface area contributed by atoms with Crippen molar-refractivity contribution in [2.24, 2.45) is 0 Å². The van der Waals surface area contributed by atoms with E-state index in [9.17, 15) is 9.59 Å². The lowest BCUT2D eigenvalue weighted by atomic mass is 10.00. The third-order valence-electron chi connectivity index (χ3n) is 5.78. The monoisotopic (exact) mass is 448 g/mol. The quantitative estimate of drug-likeness (QED) is 0.591. The van der Waals surface area contributed by atoms with Gasteiger partial charge in [-0.25, -0.2) is 9.97 Å². The standard InChI is InChI=1S/C24H28N6O3/c1-16-19(24(32)26-14-18-8-4-3-5-9-18)15-25-23(27-16)20-10-6-7-13-30(20)22(31)12-11-21-28-17(2)29-33-21/h3-5,8-9,15,20H,6-7,10-14H2,1-2H3,(H,26,32)/t20-/m1/s1. The van der Waals surface area contributed by atoms with Crippen molar-refractivity contribution in [3.8, 4) is 0 Å². The predicted octanol–water partition coefficient (Wildman–Crippen LogP) is 3.09. The Morgan fingerprint density at radius 3 is 2.70 bits per heavy atom. The maximum absolute atomic E-state index is 13.0. The van der Waals surface area contributed by atoms with Crippen molar-refractivity contribution in [3.05, 3.63) is 70.9 Å². The van der Waals surface area contributed by atoms with Gasteiger partial charge in [0.2, 0.25) is 11.8 Å². The van der Waals surface area contributed by atoms with E-state index < -0.39 is 0 Å². The molecular formula is C24H28N6O3. The van der Waals surface area contributed by atoms with Crippen molar-refractivity contribution < 1.29 is 14.1 Å². The summed E-state index contributed by atoms with van der Waals surface area (Å²) < 4.78 is 5.12. The zero-order valence-electron chi connectivity index (χ0n) is 19.0. The average molecular weight is 449 g/mol. The van der Waals surface area contributed by atoms with Crippen LogP contribution in [0.3, 0.4) is 0 Å². The number of carbonyl (C=O) groups is 2. The van der Waals surface area contributed by atoms with Gasteiger partial charge in [0.1, 0.15) is 0 Å². The largest absolute Gasteiger partial charge is 0.348 e. The summed E-state index contributed by atoms with van der Waals surface area (Å²) in [6, 6.07) is 9.53. The van der Waals surface area contributed by atoms with E-state index in [1.165, 1.54) is 0 Å². The highest BCUT2D eigenvalue weighted by atomic mass is 16.5. The van der Waals surface area contributed by atoms with Crippen molar-refractivity contribution in [2.75, 3.05) is 6.54 Å². The van der Waals surface area contributed by atoms with Gasteiger partial charge in [-0.3, -0.25) is 9.59 Å². The first-order chi connectivity index (χ1) is 16.0. The summed E-state index contributed by atoms with van der Waals surface area (Å²) >= 11 is 0. The van der Waals surface area contributed by atoms with E-state index >= 15 is 0 Å². The lowest BCUT2D eigenvalue weighted by Gasteiger charge is -2.35. The number of piperidine rings is 1. The van der Waals surface area contributed by atoms with Gasteiger partial charge in [-0.1, -0.05) is 35.5 Å². The first kappa shape index (κ1) is 22.6. The Labute approximate surface area is 192 Å². The van der Waals surface area contributed by atoms with Crippen molar-refractivity contribution >= 4 is 11.8 Å². The number of nitrogens with one attached hydrogen (secondary N) is 1. The summed E-state index contributed by atoms with van der Waals surface area (Å²) in [5.41, 5.74) is 2.06. The molecule has 0 aliphatic carbocycles. The summed E-state index contributed by atoms with van der Waals surface area (Å²) in [5.74, 6) is 1.40. The van der Waals surface area contributed by atoms with Crippen molar-refractivity contribution in [1.82, 2.24) is 30.3 Å². The lowest BCUT2D eigenvalue weighted by molar-refractivity contribution is -0.135.